The summed E-state index contributed by atoms with van der Waals surface area (Å²) in [4.78, 5) is 4.09. The van der Waals surface area contributed by atoms with Crippen molar-refractivity contribution in [3.63, 3.8) is 0 Å². The molecule has 0 aliphatic heterocycles. The molecule has 0 amide bonds. The largest absolute Gasteiger partial charge is 0.385 e. The van der Waals surface area contributed by atoms with Crippen LogP contribution in [0.15, 0.2) is 12.3 Å². The molecule has 0 atom stereocenters. The molecular formula is C13H20N2O2. The number of aliphatic hydroxyl groups is 1. The summed E-state index contributed by atoms with van der Waals surface area (Å²) in [6.45, 7) is 1.97. The lowest BCUT2D eigenvalue weighted by atomic mass is 9.77. The number of aryl methyl sites for hydroxylation is 1. The van der Waals surface area contributed by atoms with Crippen molar-refractivity contribution in [2.45, 2.75) is 44.3 Å². The standard InChI is InChI=1S/C13H20N2O2/c1-9-5-8-15-12(14)11(9)13(16)6-3-10(17-2)4-7-13/h5,8,10,16H,3-4,6-7H2,1-2H3,(H2,14,15). The van der Waals surface area contributed by atoms with Crippen LogP contribution >= 0.6 is 0 Å². The predicted octanol–water partition coefficient (Wildman–Crippen LogP) is 1.75. The zero-order chi connectivity index (χ0) is 12.5. The van der Waals surface area contributed by atoms with Gasteiger partial charge in [0, 0.05) is 18.9 Å². The van der Waals surface area contributed by atoms with E-state index in [2.05, 4.69) is 4.98 Å². The first-order valence-electron chi connectivity index (χ1n) is 6.03. The smallest absolute Gasteiger partial charge is 0.129 e. The average Bonchev–Trinajstić information content (AvgIpc) is 2.29. The van der Waals surface area contributed by atoms with Crippen molar-refractivity contribution in [2.75, 3.05) is 12.8 Å². The molecule has 0 saturated heterocycles. The summed E-state index contributed by atoms with van der Waals surface area (Å²) >= 11 is 0. The molecular weight excluding hydrogens is 216 g/mol. The molecule has 4 heteroatoms. The van der Waals surface area contributed by atoms with Gasteiger partial charge in [-0.15, -0.1) is 0 Å². The molecule has 1 fully saturated rings. The molecule has 0 radical (unpaired) electrons. The Morgan fingerprint density at radius 2 is 2.12 bits per heavy atom. The zero-order valence-electron chi connectivity index (χ0n) is 10.4. The van der Waals surface area contributed by atoms with Crippen LogP contribution in [0.5, 0.6) is 0 Å². The number of methoxy groups -OCH3 is 1. The number of ether oxygens (including phenoxy) is 1. The second-order valence-electron chi connectivity index (χ2n) is 4.85. The minimum Gasteiger partial charge on any atom is -0.385 e. The highest BCUT2D eigenvalue weighted by Gasteiger charge is 2.37. The number of rotatable bonds is 2. The van der Waals surface area contributed by atoms with Crippen molar-refractivity contribution in [1.82, 2.24) is 4.98 Å². The van der Waals surface area contributed by atoms with Crippen LogP contribution in [0.1, 0.15) is 36.8 Å². The van der Waals surface area contributed by atoms with Gasteiger partial charge < -0.3 is 15.6 Å². The third kappa shape index (κ3) is 2.28. The van der Waals surface area contributed by atoms with Crippen LogP contribution < -0.4 is 5.73 Å². The Morgan fingerprint density at radius 1 is 1.47 bits per heavy atom. The van der Waals surface area contributed by atoms with Gasteiger partial charge in [-0.2, -0.15) is 0 Å². The SMILES string of the molecule is COC1CCC(O)(c2c(C)ccnc2N)CC1. The molecule has 4 nitrogen and oxygen atoms in total. The number of anilines is 1. The number of nitrogen functional groups attached to an aromatic ring is 1. The van der Waals surface area contributed by atoms with Crippen LogP contribution in [0.3, 0.4) is 0 Å². The van der Waals surface area contributed by atoms with Crippen LogP contribution in [0.2, 0.25) is 0 Å². The quantitative estimate of drug-likeness (QED) is 0.820. The van der Waals surface area contributed by atoms with E-state index in [9.17, 15) is 5.11 Å². The highest BCUT2D eigenvalue weighted by molar-refractivity contribution is 5.48. The molecule has 1 aromatic heterocycles. The van der Waals surface area contributed by atoms with Crippen molar-refractivity contribution in [2.24, 2.45) is 0 Å². The second kappa shape index (κ2) is 4.63. The lowest BCUT2D eigenvalue weighted by molar-refractivity contribution is -0.0474. The number of pyridine rings is 1. The van der Waals surface area contributed by atoms with Gasteiger partial charge in [0.15, 0.2) is 0 Å². The van der Waals surface area contributed by atoms with Crippen molar-refractivity contribution < 1.29 is 9.84 Å². The summed E-state index contributed by atoms with van der Waals surface area (Å²) in [6, 6.07) is 1.89. The topological polar surface area (TPSA) is 68.4 Å². The Hall–Kier alpha value is -1.13. The van der Waals surface area contributed by atoms with Crippen LogP contribution in [0.25, 0.3) is 0 Å². The van der Waals surface area contributed by atoms with Crippen LogP contribution in [0, 0.1) is 6.92 Å². The summed E-state index contributed by atoms with van der Waals surface area (Å²) in [5, 5.41) is 10.7. The average molecular weight is 236 g/mol. The van der Waals surface area contributed by atoms with E-state index in [4.69, 9.17) is 10.5 Å². The molecule has 0 spiro atoms. The Morgan fingerprint density at radius 3 is 2.65 bits per heavy atom. The van der Waals surface area contributed by atoms with Gasteiger partial charge in [-0.3, -0.25) is 0 Å². The third-order valence-electron chi connectivity index (χ3n) is 3.75. The molecule has 3 N–H and O–H groups in total. The number of nitrogens with two attached hydrogens (primary N) is 1. The van der Waals surface area contributed by atoms with Crippen molar-refractivity contribution in [3.05, 3.63) is 23.4 Å². The molecule has 0 bridgehead atoms. The number of hydrogen-bond acceptors (Lipinski definition) is 4. The molecule has 0 aromatic carbocycles. The van der Waals surface area contributed by atoms with E-state index in [0.717, 1.165) is 24.0 Å². The van der Waals surface area contributed by atoms with E-state index in [0.29, 0.717) is 18.7 Å². The summed E-state index contributed by atoms with van der Waals surface area (Å²) < 4.78 is 5.32. The Labute approximate surface area is 102 Å². The molecule has 1 saturated carbocycles. The number of aromatic nitrogens is 1. The lowest BCUT2D eigenvalue weighted by Crippen LogP contribution is -2.35. The summed E-state index contributed by atoms with van der Waals surface area (Å²) in [5.41, 5.74) is 6.88. The normalized spacial score (nSPS) is 29.2. The molecule has 1 aromatic rings. The fourth-order valence-electron chi connectivity index (χ4n) is 2.74. The van der Waals surface area contributed by atoms with Crippen molar-refractivity contribution in [3.8, 4) is 0 Å². The van der Waals surface area contributed by atoms with Crippen LogP contribution in [-0.2, 0) is 10.3 Å². The summed E-state index contributed by atoms with van der Waals surface area (Å²) in [6.07, 6.45) is 5.03. The first-order valence-corrected chi connectivity index (χ1v) is 6.03. The Kier molecular flexibility index (Phi) is 3.35. The van der Waals surface area contributed by atoms with Crippen LogP contribution in [-0.4, -0.2) is 23.3 Å². The van der Waals surface area contributed by atoms with E-state index < -0.39 is 5.60 Å². The van der Waals surface area contributed by atoms with Gasteiger partial charge >= 0.3 is 0 Å². The number of hydrogen-bond donors (Lipinski definition) is 2. The van der Waals surface area contributed by atoms with E-state index in [1.54, 1.807) is 13.3 Å². The number of nitrogens with zero attached hydrogens (tertiary/aromatic N) is 1. The van der Waals surface area contributed by atoms with Crippen molar-refractivity contribution >= 4 is 5.82 Å². The maximum absolute atomic E-state index is 10.7. The zero-order valence-corrected chi connectivity index (χ0v) is 10.4. The highest BCUT2D eigenvalue weighted by Crippen LogP contribution is 2.41. The van der Waals surface area contributed by atoms with Crippen LogP contribution in [0.4, 0.5) is 5.82 Å². The Balaban J connectivity index is 2.27. The molecule has 1 aliphatic carbocycles. The monoisotopic (exact) mass is 236 g/mol. The molecule has 1 aliphatic rings. The van der Waals surface area contributed by atoms with Gasteiger partial charge in [-0.25, -0.2) is 4.98 Å². The third-order valence-corrected chi connectivity index (χ3v) is 3.75. The van der Waals surface area contributed by atoms with E-state index in [1.165, 1.54) is 0 Å². The second-order valence-corrected chi connectivity index (χ2v) is 4.85. The minimum atomic E-state index is -0.836. The fraction of sp³-hybridized carbons (Fsp3) is 0.615. The molecule has 2 rings (SSSR count). The van der Waals surface area contributed by atoms with E-state index in [1.807, 2.05) is 13.0 Å². The van der Waals surface area contributed by atoms with Gasteiger partial charge in [0.2, 0.25) is 0 Å². The minimum absolute atomic E-state index is 0.258. The molecule has 1 heterocycles. The summed E-state index contributed by atoms with van der Waals surface area (Å²) in [7, 11) is 1.72. The van der Waals surface area contributed by atoms with Gasteiger partial charge in [-0.1, -0.05) is 0 Å². The van der Waals surface area contributed by atoms with Gasteiger partial charge in [0.1, 0.15) is 5.82 Å². The van der Waals surface area contributed by atoms with Gasteiger partial charge in [0.25, 0.3) is 0 Å². The lowest BCUT2D eigenvalue weighted by Gasteiger charge is -2.37. The predicted molar refractivity (Wildman–Crippen MR) is 66.5 cm³/mol. The maximum atomic E-state index is 10.7. The van der Waals surface area contributed by atoms with Gasteiger partial charge in [0.05, 0.1) is 11.7 Å². The first kappa shape index (κ1) is 12.3. The molecule has 0 unspecified atom stereocenters. The fourth-order valence-corrected chi connectivity index (χ4v) is 2.74. The highest BCUT2D eigenvalue weighted by atomic mass is 16.5. The van der Waals surface area contributed by atoms with E-state index in [-0.39, 0.29) is 6.10 Å². The van der Waals surface area contributed by atoms with E-state index >= 15 is 0 Å². The van der Waals surface area contributed by atoms with Crippen molar-refractivity contribution in [1.29, 1.82) is 0 Å². The molecule has 17 heavy (non-hydrogen) atoms. The van der Waals surface area contributed by atoms with Gasteiger partial charge in [-0.05, 0) is 44.2 Å². The Bertz CT molecular complexity index is 378. The summed E-state index contributed by atoms with van der Waals surface area (Å²) in [5.74, 6) is 0.448. The first-order chi connectivity index (χ1) is 8.07. The molecule has 94 valence electrons. The maximum Gasteiger partial charge on any atom is 0.129 e.